The van der Waals surface area contributed by atoms with Crippen molar-refractivity contribution in [2.45, 2.75) is 30.6 Å². The molecule has 1 aromatic heterocycles. The Morgan fingerprint density at radius 3 is 2.74 bits per heavy atom. The highest BCUT2D eigenvalue weighted by Gasteiger charge is 2.31. The number of benzene rings is 1. The molecular weight excluding hydrogens is 471 g/mol. The second-order valence-electron chi connectivity index (χ2n) is 6.77. The molecule has 0 bridgehead atoms. The van der Waals surface area contributed by atoms with Gasteiger partial charge in [-0.3, -0.25) is 4.99 Å². The maximum atomic E-state index is 5.52. The van der Waals surface area contributed by atoms with Crippen molar-refractivity contribution in [1.82, 2.24) is 15.2 Å². The van der Waals surface area contributed by atoms with Crippen molar-refractivity contribution in [3.05, 3.63) is 36.5 Å². The van der Waals surface area contributed by atoms with Gasteiger partial charge >= 0.3 is 0 Å². The van der Waals surface area contributed by atoms with Crippen molar-refractivity contribution in [3.63, 3.8) is 0 Å². The second-order valence-corrected chi connectivity index (χ2v) is 8.05. The van der Waals surface area contributed by atoms with E-state index in [1.165, 1.54) is 10.9 Å². The fraction of sp³-hybridized carbons (Fsp3) is 0.550. The number of nitrogens with zero attached hydrogens (tertiary/aromatic N) is 2. The highest BCUT2D eigenvalue weighted by Crippen LogP contribution is 2.32. The molecule has 0 unspecified atom stereocenters. The van der Waals surface area contributed by atoms with E-state index in [4.69, 9.17) is 4.74 Å². The summed E-state index contributed by atoms with van der Waals surface area (Å²) in [7, 11) is 1.84. The molecule has 0 saturated carbocycles. The van der Waals surface area contributed by atoms with E-state index in [0.29, 0.717) is 0 Å². The molecule has 1 fully saturated rings. The molecule has 3 rings (SSSR count). The van der Waals surface area contributed by atoms with Gasteiger partial charge in [0.25, 0.3) is 0 Å². The largest absolute Gasteiger partial charge is 0.381 e. The van der Waals surface area contributed by atoms with Crippen LogP contribution in [-0.2, 0) is 11.3 Å². The minimum Gasteiger partial charge on any atom is -0.381 e. The third-order valence-electron chi connectivity index (χ3n) is 5.19. The summed E-state index contributed by atoms with van der Waals surface area (Å²) in [5.41, 5.74) is 1.30. The Hall–Kier alpha value is -0.930. The SMILES string of the molecule is CN=C(NCCCn1ccc2ccccc21)NCC1(SC)CCOCC1.I. The molecule has 0 aliphatic carbocycles. The molecule has 0 spiro atoms. The number of aryl methyl sites for hydroxylation is 1. The van der Waals surface area contributed by atoms with Gasteiger partial charge in [0.2, 0.25) is 0 Å². The number of hydrogen-bond acceptors (Lipinski definition) is 3. The molecular formula is C20H31IN4OS. The van der Waals surface area contributed by atoms with Gasteiger partial charge in [0.15, 0.2) is 5.96 Å². The zero-order valence-electron chi connectivity index (χ0n) is 16.2. The number of aromatic nitrogens is 1. The summed E-state index contributed by atoms with van der Waals surface area (Å²) in [6, 6.07) is 10.7. The Morgan fingerprint density at radius 2 is 2.00 bits per heavy atom. The van der Waals surface area contributed by atoms with E-state index >= 15 is 0 Å². The summed E-state index contributed by atoms with van der Waals surface area (Å²) in [4.78, 5) is 4.37. The quantitative estimate of drug-likeness (QED) is 0.262. The number of halogens is 1. The average Bonchev–Trinajstić information content (AvgIpc) is 3.11. The summed E-state index contributed by atoms with van der Waals surface area (Å²) in [6.07, 6.45) is 7.62. The Labute approximate surface area is 183 Å². The zero-order chi connectivity index (χ0) is 18.2. The average molecular weight is 502 g/mol. The molecule has 1 aromatic carbocycles. The van der Waals surface area contributed by atoms with E-state index in [1.807, 2.05) is 18.8 Å². The van der Waals surface area contributed by atoms with Crippen LogP contribution < -0.4 is 10.6 Å². The Bertz CT molecular complexity index is 728. The van der Waals surface area contributed by atoms with Crippen molar-refractivity contribution >= 4 is 52.6 Å². The molecule has 0 atom stereocenters. The maximum absolute atomic E-state index is 5.52. The normalized spacial score (nSPS) is 16.7. The highest BCUT2D eigenvalue weighted by atomic mass is 127. The lowest BCUT2D eigenvalue weighted by atomic mass is 9.99. The second kappa shape index (κ2) is 11.2. The monoisotopic (exact) mass is 502 g/mol. The van der Waals surface area contributed by atoms with Gasteiger partial charge in [-0.15, -0.1) is 24.0 Å². The predicted molar refractivity (Wildman–Crippen MR) is 128 cm³/mol. The summed E-state index contributed by atoms with van der Waals surface area (Å²) < 4.78 is 8.10. The molecule has 150 valence electrons. The first-order valence-corrected chi connectivity index (χ1v) is 10.6. The van der Waals surface area contributed by atoms with Crippen molar-refractivity contribution in [1.29, 1.82) is 0 Å². The Balaban J connectivity index is 0.00000261. The number of hydrogen-bond donors (Lipinski definition) is 2. The number of thioether (sulfide) groups is 1. The van der Waals surface area contributed by atoms with Gasteiger partial charge in [0.05, 0.1) is 0 Å². The molecule has 2 aromatic rings. The zero-order valence-corrected chi connectivity index (χ0v) is 19.4. The Kier molecular flexibility index (Phi) is 9.25. The highest BCUT2D eigenvalue weighted by molar-refractivity contribution is 14.0. The lowest BCUT2D eigenvalue weighted by Crippen LogP contribution is -2.48. The van der Waals surface area contributed by atoms with Crippen molar-refractivity contribution in [2.75, 3.05) is 39.6 Å². The molecule has 1 aliphatic heterocycles. The third kappa shape index (κ3) is 6.02. The van der Waals surface area contributed by atoms with Crippen molar-refractivity contribution in [2.24, 2.45) is 4.99 Å². The van der Waals surface area contributed by atoms with Gasteiger partial charge < -0.3 is 19.9 Å². The molecule has 7 heteroatoms. The number of nitrogens with one attached hydrogen (secondary N) is 2. The van der Waals surface area contributed by atoms with E-state index in [9.17, 15) is 0 Å². The lowest BCUT2D eigenvalue weighted by molar-refractivity contribution is 0.0783. The first-order valence-electron chi connectivity index (χ1n) is 9.38. The van der Waals surface area contributed by atoms with E-state index in [1.54, 1.807) is 0 Å². The van der Waals surface area contributed by atoms with E-state index in [-0.39, 0.29) is 28.7 Å². The van der Waals surface area contributed by atoms with Gasteiger partial charge in [-0.1, -0.05) is 18.2 Å². The minimum atomic E-state index is 0. The van der Waals surface area contributed by atoms with E-state index in [0.717, 1.165) is 58.1 Å². The van der Waals surface area contributed by atoms with Gasteiger partial charge in [-0.25, -0.2) is 0 Å². The van der Waals surface area contributed by atoms with Crippen LogP contribution in [0, 0.1) is 0 Å². The van der Waals surface area contributed by atoms with Crippen LogP contribution >= 0.6 is 35.7 Å². The first-order chi connectivity index (χ1) is 12.8. The minimum absolute atomic E-state index is 0. The number of rotatable bonds is 7. The van der Waals surface area contributed by atoms with Gasteiger partial charge in [-0.05, 0) is 43.0 Å². The number of fused-ring (bicyclic) bond motifs is 1. The topological polar surface area (TPSA) is 50.6 Å². The third-order valence-corrected chi connectivity index (χ3v) is 6.61. The molecule has 0 amide bonds. The molecule has 27 heavy (non-hydrogen) atoms. The number of ether oxygens (including phenoxy) is 1. The van der Waals surface area contributed by atoms with Crippen molar-refractivity contribution in [3.8, 4) is 0 Å². The molecule has 2 N–H and O–H groups in total. The van der Waals surface area contributed by atoms with Gasteiger partial charge in [0, 0.05) is 56.4 Å². The first kappa shape index (κ1) is 22.4. The molecule has 1 saturated heterocycles. The van der Waals surface area contributed by atoms with E-state index < -0.39 is 0 Å². The standard InChI is InChI=1S/C20H30N4OS.HI/c1-21-19(23-16-20(26-2)9-14-25-15-10-20)22-11-5-12-24-13-8-17-6-3-4-7-18(17)24;/h3-4,6-8,13H,5,9-12,14-16H2,1-2H3,(H2,21,22,23);1H. The van der Waals surface area contributed by atoms with Gasteiger partial charge in [-0.2, -0.15) is 11.8 Å². The van der Waals surface area contributed by atoms with Crippen LogP contribution in [0.15, 0.2) is 41.5 Å². The molecule has 2 heterocycles. The van der Waals surface area contributed by atoms with E-state index in [2.05, 4.69) is 63.0 Å². The predicted octanol–water partition coefficient (Wildman–Crippen LogP) is 3.73. The van der Waals surface area contributed by atoms with Crippen LogP contribution in [0.2, 0.25) is 0 Å². The smallest absolute Gasteiger partial charge is 0.191 e. The van der Waals surface area contributed by atoms with Crippen LogP contribution in [0.3, 0.4) is 0 Å². The summed E-state index contributed by atoms with van der Waals surface area (Å²) >= 11 is 1.94. The van der Waals surface area contributed by atoms with Crippen LogP contribution in [0.1, 0.15) is 19.3 Å². The number of guanidine groups is 1. The van der Waals surface area contributed by atoms with Crippen LogP contribution in [0.5, 0.6) is 0 Å². The molecule has 5 nitrogen and oxygen atoms in total. The Morgan fingerprint density at radius 1 is 1.22 bits per heavy atom. The summed E-state index contributed by atoms with van der Waals surface area (Å²) in [5.74, 6) is 0.891. The maximum Gasteiger partial charge on any atom is 0.191 e. The molecule has 0 radical (unpaired) electrons. The number of para-hydroxylation sites is 1. The van der Waals surface area contributed by atoms with Crippen LogP contribution in [0.4, 0.5) is 0 Å². The fourth-order valence-electron chi connectivity index (χ4n) is 3.45. The van der Waals surface area contributed by atoms with Crippen LogP contribution in [0.25, 0.3) is 10.9 Å². The summed E-state index contributed by atoms with van der Waals surface area (Å²) in [6.45, 7) is 4.56. The number of aliphatic imine (C=N–C) groups is 1. The molecule has 1 aliphatic rings. The lowest BCUT2D eigenvalue weighted by Gasteiger charge is -2.36. The summed E-state index contributed by atoms with van der Waals surface area (Å²) in [5, 5.41) is 8.26. The van der Waals surface area contributed by atoms with Crippen molar-refractivity contribution < 1.29 is 4.74 Å². The van der Waals surface area contributed by atoms with Crippen LogP contribution in [-0.4, -0.2) is 54.9 Å². The fourth-order valence-corrected chi connectivity index (χ4v) is 4.25. The van der Waals surface area contributed by atoms with Gasteiger partial charge in [0.1, 0.15) is 0 Å².